The van der Waals surface area contributed by atoms with Crippen molar-refractivity contribution in [1.82, 2.24) is 4.90 Å². The summed E-state index contributed by atoms with van der Waals surface area (Å²) in [6.45, 7) is 3.12. The number of carbonyl (C=O) groups excluding carboxylic acids is 1. The number of rotatable bonds is 6. The Morgan fingerprint density at radius 3 is 2.71 bits per heavy atom. The van der Waals surface area contributed by atoms with Gasteiger partial charge in [0.15, 0.2) is 0 Å². The van der Waals surface area contributed by atoms with Gasteiger partial charge in [0.05, 0.1) is 13.2 Å². The highest BCUT2D eigenvalue weighted by molar-refractivity contribution is 5.86. The quantitative estimate of drug-likeness (QED) is 0.817. The first-order valence-corrected chi connectivity index (χ1v) is 7.71. The van der Waals surface area contributed by atoms with Crippen LogP contribution in [0.15, 0.2) is 16.5 Å². The summed E-state index contributed by atoms with van der Waals surface area (Å²) in [7, 11) is 2.08. The average molecular weight is 295 g/mol. The van der Waals surface area contributed by atoms with Gasteiger partial charge < -0.3 is 14.3 Å². The smallest absolute Gasteiger partial charge is 0.374 e. The molecule has 0 unspecified atom stereocenters. The summed E-state index contributed by atoms with van der Waals surface area (Å²) >= 11 is 0. The maximum Gasteiger partial charge on any atom is 0.374 e. The summed E-state index contributed by atoms with van der Waals surface area (Å²) < 4.78 is 10.5. The molecule has 1 heterocycles. The molecule has 1 aliphatic rings. The van der Waals surface area contributed by atoms with E-state index in [2.05, 4.69) is 11.9 Å². The third kappa shape index (κ3) is 4.32. The molecule has 1 aliphatic carbocycles. The maximum absolute atomic E-state index is 11.6. The Hall–Kier alpha value is -1.33. The predicted octanol–water partition coefficient (Wildman–Crippen LogP) is 2.44. The summed E-state index contributed by atoms with van der Waals surface area (Å²) in [5.74, 6) is 1.11. The molecule has 1 aromatic heterocycles. The van der Waals surface area contributed by atoms with E-state index < -0.39 is 5.97 Å². The number of carbonyl (C=O) groups is 1. The van der Waals surface area contributed by atoms with Crippen LogP contribution in [0, 0.1) is 5.92 Å². The number of hydrogen-bond acceptors (Lipinski definition) is 5. The largest absolute Gasteiger partial charge is 0.460 e. The number of aliphatic hydroxyl groups excluding tert-OH is 1. The summed E-state index contributed by atoms with van der Waals surface area (Å²) in [6, 6.07) is 4.02. The fraction of sp³-hybridized carbons (Fsp3) is 0.688. The van der Waals surface area contributed by atoms with Crippen LogP contribution in [0.4, 0.5) is 0 Å². The van der Waals surface area contributed by atoms with Gasteiger partial charge in [0.2, 0.25) is 5.76 Å². The zero-order valence-electron chi connectivity index (χ0n) is 12.9. The average Bonchev–Trinajstić information content (AvgIpc) is 2.96. The Bertz CT molecular complexity index is 449. The van der Waals surface area contributed by atoms with Crippen LogP contribution in [0.5, 0.6) is 0 Å². The van der Waals surface area contributed by atoms with Crippen LogP contribution in [-0.4, -0.2) is 42.3 Å². The molecular formula is C16H25NO4. The van der Waals surface area contributed by atoms with Gasteiger partial charge in [0.25, 0.3) is 0 Å². The second-order valence-corrected chi connectivity index (χ2v) is 5.76. The number of esters is 1. The molecule has 5 heteroatoms. The van der Waals surface area contributed by atoms with E-state index in [4.69, 9.17) is 9.15 Å². The molecule has 1 fully saturated rings. The molecule has 1 saturated carbocycles. The Morgan fingerprint density at radius 1 is 1.38 bits per heavy atom. The first-order valence-electron chi connectivity index (χ1n) is 7.71. The zero-order valence-corrected chi connectivity index (χ0v) is 12.9. The molecule has 0 saturated heterocycles. The molecule has 5 nitrogen and oxygen atoms in total. The van der Waals surface area contributed by atoms with Gasteiger partial charge in [-0.25, -0.2) is 4.79 Å². The third-order valence-corrected chi connectivity index (χ3v) is 4.24. The highest BCUT2D eigenvalue weighted by atomic mass is 16.5. The minimum Gasteiger partial charge on any atom is -0.460 e. The Morgan fingerprint density at radius 2 is 2.10 bits per heavy atom. The minimum atomic E-state index is -0.408. The van der Waals surface area contributed by atoms with Crippen molar-refractivity contribution in [2.24, 2.45) is 5.92 Å². The van der Waals surface area contributed by atoms with E-state index in [-0.39, 0.29) is 5.76 Å². The van der Waals surface area contributed by atoms with Crippen molar-refractivity contribution in [3.05, 3.63) is 23.7 Å². The van der Waals surface area contributed by atoms with Crippen molar-refractivity contribution in [2.75, 3.05) is 20.3 Å². The third-order valence-electron chi connectivity index (χ3n) is 4.24. The van der Waals surface area contributed by atoms with Crippen LogP contribution in [0.25, 0.3) is 0 Å². The maximum atomic E-state index is 11.6. The van der Waals surface area contributed by atoms with Crippen molar-refractivity contribution < 1.29 is 19.1 Å². The van der Waals surface area contributed by atoms with Crippen molar-refractivity contribution >= 4 is 5.97 Å². The van der Waals surface area contributed by atoms with Crippen LogP contribution in [0.2, 0.25) is 0 Å². The Balaban J connectivity index is 1.85. The number of ether oxygens (including phenoxy) is 1. The second-order valence-electron chi connectivity index (χ2n) is 5.76. The van der Waals surface area contributed by atoms with Gasteiger partial charge >= 0.3 is 5.97 Å². The highest BCUT2D eigenvalue weighted by Gasteiger charge is 2.24. The van der Waals surface area contributed by atoms with Gasteiger partial charge in [-0.05, 0) is 57.7 Å². The normalized spacial score (nSPS) is 22.5. The van der Waals surface area contributed by atoms with Crippen LogP contribution >= 0.6 is 0 Å². The predicted molar refractivity (Wildman–Crippen MR) is 79.0 cm³/mol. The van der Waals surface area contributed by atoms with Crippen molar-refractivity contribution in [3.8, 4) is 0 Å². The second kappa shape index (κ2) is 7.61. The fourth-order valence-electron chi connectivity index (χ4n) is 2.92. The molecule has 0 bridgehead atoms. The molecule has 0 aliphatic heterocycles. The number of aliphatic hydroxyl groups is 1. The summed E-state index contributed by atoms with van der Waals surface area (Å²) in [5, 5.41) is 9.18. The van der Waals surface area contributed by atoms with Gasteiger partial charge in [0.1, 0.15) is 5.76 Å². The lowest BCUT2D eigenvalue weighted by molar-refractivity contribution is 0.0485. The first-order chi connectivity index (χ1) is 10.1. The summed E-state index contributed by atoms with van der Waals surface area (Å²) in [5.41, 5.74) is 0. The molecule has 0 atom stereocenters. The lowest BCUT2D eigenvalue weighted by Crippen LogP contribution is -2.35. The van der Waals surface area contributed by atoms with E-state index >= 15 is 0 Å². The van der Waals surface area contributed by atoms with Gasteiger partial charge in [-0.1, -0.05) is 0 Å². The lowest BCUT2D eigenvalue weighted by atomic mass is 9.86. The van der Waals surface area contributed by atoms with Gasteiger partial charge in [-0.2, -0.15) is 0 Å². The molecular weight excluding hydrogens is 270 g/mol. The van der Waals surface area contributed by atoms with Crippen molar-refractivity contribution in [1.29, 1.82) is 0 Å². The standard InChI is InChI=1S/C16H25NO4/c1-3-20-16(19)15-9-8-14(21-15)10-17(2)13-6-4-12(11-18)5-7-13/h8-9,12-13,18H,3-7,10-11H2,1-2H3. The molecule has 2 rings (SSSR count). The van der Waals surface area contributed by atoms with E-state index in [1.807, 2.05) is 6.07 Å². The van der Waals surface area contributed by atoms with E-state index in [1.165, 1.54) is 0 Å². The molecule has 0 radical (unpaired) electrons. The SMILES string of the molecule is CCOC(=O)c1ccc(CN(C)C2CCC(CO)CC2)o1. The molecule has 118 valence electrons. The monoisotopic (exact) mass is 295 g/mol. The molecule has 0 spiro atoms. The van der Waals surface area contributed by atoms with Crippen LogP contribution in [0.3, 0.4) is 0 Å². The van der Waals surface area contributed by atoms with E-state index in [9.17, 15) is 9.90 Å². The fourth-order valence-corrected chi connectivity index (χ4v) is 2.92. The lowest BCUT2D eigenvalue weighted by Gasteiger charge is -2.33. The first kappa shape index (κ1) is 16.0. The van der Waals surface area contributed by atoms with Crippen LogP contribution in [0.1, 0.15) is 48.9 Å². The van der Waals surface area contributed by atoms with Gasteiger partial charge in [-0.15, -0.1) is 0 Å². The number of hydrogen-bond donors (Lipinski definition) is 1. The Labute approximate surface area is 125 Å². The minimum absolute atomic E-state index is 0.268. The van der Waals surface area contributed by atoms with Crippen molar-refractivity contribution in [3.63, 3.8) is 0 Å². The molecule has 1 aromatic rings. The van der Waals surface area contributed by atoms with E-state index in [0.29, 0.717) is 31.7 Å². The molecule has 21 heavy (non-hydrogen) atoms. The van der Waals surface area contributed by atoms with Gasteiger partial charge in [-0.3, -0.25) is 4.90 Å². The number of nitrogens with zero attached hydrogens (tertiary/aromatic N) is 1. The number of furan rings is 1. The van der Waals surface area contributed by atoms with Crippen molar-refractivity contribution in [2.45, 2.75) is 45.2 Å². The molecule has 0 aromatic carbocycles. The van der Waals surface area contributed by atoms with Crippen LogP contribution < -0.4 is 0 Å². The van der Waals surface area contributed by atoms with Crippen LogP contribution in [-0.2, 0) is 11.3 Å². The van der Waals surface area contributed by atoms with E-state index in [0.717, 1.165) is 31.4 Å². The molecule has 1 N–H and O–H groups in total. The summed E-state index contributed by atoms with van der Waals surface area (Å²) in [4.78, 5) is 13.8. The molecule has 0 amide bonds. The zero-order chi connectivity index (χ0) is 15.2. The Kier molecular flexibility index (Phi) is 5.82. The summed E-state index contributed by atoms with van der Waals surface area (Å²) in [6.07, 6.45) is 4.37. The van der Waals surface area contributed by atoms with Gasteiger partial charge in [0, 0.05) is 12.6 Å². The van der Waals surface area contributed by atoms with E-state index in [1.54, 1.807) is 13.0 Å². The highest BCUT2D eigenvalue weighted by Crippen LogP contribution is 2.27. The topological polar surface area (TPSA) is 62.9 Å².